The van der Waals surface area contributed by atoms with E-state index in [1.165, 1.54) is 0 Å². The van der Waals surface area contributed by atoms with Crippen molar-refractivity contribution < 1.29 is 24.2 Å². The predicted molar refractivity (Wildman–Crippen MR) is 134 cm³/mol. The van der Waals surface area contributed by atoms with Crippen molar-refractivity contribution in [1.82, 2.24) is 5.32 Å². The third-order valence-electron chi connectivity index (χ3n) is 6.82. The molecule has 2 aromatic rings. The van der Waals surface area contributed by atoms with Crippen molar-refractivity contribution in [1.29, 1.82) is 0 Å². The Kier molecular flexibility index (Phi) is 7.29. The Hall–Kier alpha value is -3.54. The fourth-order valence-electron chi connectivity index (χ4n) is 4.91. The first-order chi connectivity index (χ1) is 16.8. The number of nitrogens with one attached hydrogen (secondary N) is 1. The SMILES string of the molecule is CCOc1cc([C@H]2C(C(=O)O[C@@H](C)CC)=C(C)NC3=C2C(=O)C[C@H](c2ccccc2)C3)ccc1O. The lowest BCUT2D eigenvalue weighted by molar-refractivity contribution is -0.144. The summed E-state index contributed by atoms with van der Waals surface area (Å²) in [5, 5.41) is 13.6. The van der Waals surface area contributed by atoms with Gasteiger partial charge in [0.05, 0.1) is 18.3 Å². The molecule has 0 amide bonds. The van der Waals surface area contributed by atoms with Gasteiger partial charge in [-0.1, -0.05) is 43.3 Å². The average Bonchev–Trinajstić information content (AvgIpc) is 2.85. The highest BCUT2D eigenvalue weighted by Crippen LogP contribution is 2.47. The second-order valence-electron chi connectivity index (χ2n) is 9.21. The number of dihydropyridines is 1. The molecule has 35 heavy (non-hydrogen) atoms. The Bertz CT molecular complexity index is 1180. The van der Waals surface area contributed by atoms with E-state index in [0.29, 0.717) is 54.0 Å². The molecule has 0 saturated heterocycles. The van der Waals surface area contributed by atoms with E-state index in [1.807, 2.05) is 45.9 Å². The Morgan fingerprint density at radius 1 is 1.11 bits per heavy atom. The Labute approximate surface area is 206 Å². The molecule has 1 aliphatic carbocycles. The second-order valence-corrected chi connectivity index (χ2v) is 9.21. The first-order valence-corrected chi connectivity index (χ1v) is 12.3. The van der Waals surface area contributed by atoms with E-state index in [9.17, 15) is 14.7 Å². The fourth-order valence-corrected chi connectivity index (χ4v) is 4.91. The number of phenols is 1. The van der Waals surface area contributed by atoms with Crippen LogP contribution in [0.3, 0.4) is 0 Å². The third kappa shape index (κ3) is 4.97. The summed E-state index contributed by atoms with van der Waals surface area (Å²) in [5.41, 5.74) is 4.36. The van der Waals surface area contributed by atoms with Gasteiger partial charge in [0.25, 0.3) is 0 Å². The van der Waals surface area contributed by atoms with Crippen LogP contribution in [0.25, 0.3) is 0 Å². The summed E-state index contributed by atoms with van der Waals surface area (Å²) >= 11 is 0. The molecular weight excluding hydrogens is 442 g/mol. The lowest BCUT2D eigenvalue weighted by Gasteiger charge is -2.37. The van der Waals surface area contributed by atoms with E-state index < -0.39 is 11.9 Å². The third-order valence-corrected chi connectivity index (χ3v) is 6.82. The molecule has 4 rings (SSSR count). The van der Waals surface area contributed by atoms with E-state index in [2.05, 4.69) is 17.4 Å². The van der Waals surface area contributed by atoms with Crippen LogP contribution in [0.1, 0.15) is 69.9 Å². The Morgan fingerprint density at radius 3 is 2.54 bits per heavy atom. The number of Topliss-reactive ketones (excluding diaryl/α,β-unsaturated/α-hetero) is 1. The maximum absolute atomic E-state index is 13.7. The topological polar surface area (TPSA) is 84.9 Å². The zero-order valence-corrected chi connectivity index (χ0v) is 20.8. The molecule has 0 radical (unpaired) electrons. The fraction of sp³-hybridized carbons (Fsp3) is 0.379. The maximum Gasteiger partial charge on any atom is 0.337 e. The minimum Gasteiger partial charge on any atom is -0.504 e. The number of carbonyl (C=O) groups excluding carboxylic acids is 2. The van der Waals surface area contributed by atoms with Gasteiger partial charge in [0.15, 0.2) is 17.3 Å². The molecule has 2 N–H and O–H groups in total. The van der Waals surface area contributed by atoms with Gasteiger partial charge in [0.1, 0.15) is 0 Å². The molecule has 0 unspecified atom stereocenters. The summed E-state index contributed by atoms with van der Waals surface area (Å²) < 4.78 is 11.3. The highest BCUT2D eigenvalue weighted by atomic mass is 16.5. The average molecular weight is 476 g/mol. The van der Waals surface area contributed by atoms with Gasteiger partial charge in [-0.05, 0) is 62.8 Å². The van der Waals surface area contributed by atoms with Crippen LogP contribution in [0.15, 0.2) is 71.1 Å². The van der Waals surface area contributed by atoms with Crippen LogP contribution in [0.4, 0.5) is 0 Å². The molecule has 1 heterocycles. The molecule has 2 aliphatic rings. The Balaban J connectivity index is 1.81. The lowest BCUT2D eigenvalue weighted by atomic mass is 9.71. The van der Waals surface area contributed by atoms with Crippen molar-refractivity contribution in [3.8, 4) is 11.5 Å². The Morgan fingerprint density at radius 2 is 1.86 bits per heavy atom. The number of benzene rings is 2. The normalized spacial score (nSPS) is 20.7. The van der Waals surface area contributed by atoms with Gasteiger partial charge in [-0.3, -0.25) is 4.79 Å². The van der Waals surface area contributed by atoms with Crippen LogP contribution in [0, 0.1) is 0 Å². The molecule has 2 aromatic carbocycles. The predicted octanol–water partition coefficient (Wildman–Crippen LogP) is 5.49. The van der Waals surface area contributed by atoms with Crippen LogP contribution in [-0.4, -0.2) is 29.6 Å². The van der Waals surface area contributed by atoms with Gasteiger partial charge in [-0.25, -0.2) is 4.79 Å². The van der Waals surface area contributed by atoms with Crippen molar-refractivity contribution in [2.75, 3.05) is 6.61 Å². The molecule has 184 valence electrons. The van der Waals surface area contributed by atoms with Crippen molar-refractivity contribution in [3.05, 3.63) is 82.2 Å². The number of allylic oxidation sites excluding steroid dienone is 3. The zero-order valence-electron chi connectivity index (χ0n) is 20.8. The van der Waals surface area contributed by atoms with Crippen molar-refractivity contribution in [2.24, 2.45) is 0 Å². The largest absolute Gasteiger partial charge is 0.504 e. The standard InChI is InChI=1S/C29H33NO5/c1-5-17(3)35-29(33)26-18(4)30-22-14-21(19-10-8-7-9-11-19)15-24(32)28(22)27(26)20-12-13-23(31)25(16-20)34-6-2/h7-13,16-17,21,27,30-31H,5-6,14-15H2,1-4H3/t17-,21+,27-/m0/s1. The lowest BCUT2D eigenvalue weighted by Crippen LogP contribution is -2.36. The number of esters is 1. The number of rotatable bonds is 7. The highest BCUT2D eigenvalue weighted by molar-refractivity contribution is 6.04. The minimum atomic E-state index is -0.605. The number of aromatic hydroxyl groups is 1. The summed E-state index contributed by atoms with van der Waals surface area (Å²) in [4.78, 5) is 27.0. The summed E-state index contributed by atoms with van der Waals surface area (Å²) in [6.07, 6.45) is 1.48. The molecule has 0 fully saturated rings. The monoisotopic (exact) mass is 475 g/mol. The first kappa shape index (κ1) is 24.6. The summed E-state index contributed by atoms with van der Waals surface area (Å²) in [7, 11) is 0. The van der Waals surface area contributed by atoms with Crippen molar-refractivity contribution in [3.63, 3.8) is 0 Å². The smallest absolute Gasteiger partial charge is 0.337 e. The molecule has 1 aliphatic heterocycles. The van der Waals surface area contributed by atoms with E-state index in [-0.39, 0.29) is 23.6 Å². The molecule has 0 bridgehead atoms. The van der Waals surface area contributed by atoms with Crippen LogP contribution < -0.4 is 10.1 Å². The van der Waals surface area contributed by atoms with Crippen LogP contribution >= 0.6 is 0 Å². The molecule has 0 aromatic heterocycles. The van der Waals surface area contributed by atoms with E-state index in [0.717, 1.165) is 11.3 Å². The van der Waals surface area contributed by atoms with E-state index >= 15 is 0 Å². The molecule has 6 heteroatoms. The molecular formula is C29H33NO5. The van der Waals surface area contributed by atoms with Crippen LogP contribution in [0.2, 0.25) is 0 Å². The van der Waals surface area contributed by atoms with Crippen molar-refractivity contribution in [2.45, 2.75) is 64.9 Å². The molecule has 3 atom stereocenters. The van der Waals surface area contributed by atoms with Crippen molar-refractivity contribution >= 4 is 11.8 Å². The summed E-state index contributed by atoms with van der Waals surface area (Å²) in [6, 6.07) is 15.1. The first-order valence-electron chi connectivity index (χ1n) is 12.3. The minimum absolute atomic E-state index is 0.00461. The number of phenolic OH excluding ortho intramolecular Hbond substituents is 1. The number of ketones is 1. The summed E-state index contributed by atoms with van der Waals surface area (Å²) in [5.74, 6) is -0.636. The highest BCUT2D eigenvalue weighted by Gasteiger charge is 2.41. The van der Waals surface area contributed by atoms with E-state index in [1.54, 1.807) is 18.2 Å². The van der Waals surface area contributed by atoms with Gasteiger partial charge < -0.3 is 19.9 Å². The quantitative estimate of drug-likeness (QED) is 0.515. The molecule has 6 nitrogen and oxygen atoms in total. The van der Waals surface area contributed by atoms with E-state index in [4.69, 9.17) is 9.47 Å². The van der Waals surface area contributed by atoms with Crippen LogP contribution in [-0.2, 0) is 14.3 Å². The number of ether oxygens (including phenoxy) is 2. The van der Waals surface area contributed by atoms with Crippen LogP contribution in [0.5, 0.6) is 11.5 Å². The maximum atomic E-state index is 13.7. The number of hydrogen-bond donors (Lipinski definition) is 2. The molecule has 0 saturated carbocycles. The van der Waals surface area contributed by atoms with Gasteiger partial charge in [0, 0.05) is 29.3 Å². The van der Waals surface area contributed by atoms with Gasteiger partial charge in [-0.15, -0.1) is 0 Å². The van der Waals surface area contributed by atoms with Gasteiger partial charge in [0.2, 0.25) is 0 Å². The number of hydrogen-bond acceptors (Lipinski definition) is 6. The zero-order chi connectivity index (χ0) is 25.1. The number of carbonyl (C=O) groups is 2. The summed E-state index contributed by atoms with van der Waals surface area (Å²) in [6.45, 7) is 7.88. The second kappa shape index (κ2) is 10.4. The van der Waals surface area contributed by atoms with Gasteiger partial charge in [-0.2, -0.15) is 0 Å². The van der Waals surface area contributed by atoms with Gasteiger partial charge >= 0.3 is 5.97 Å². The molecule has 0 spiro atoms.